The number of alkyl halides is 9. The summed E-state index contributed by atoms with van der Waals surface area (Å²) >= 11 is 0. The highest BCUT2D eigenvalue weighted by Crippen LogP contribution is 2.49. The van der Waals surface area contributed by atoms with Gasteiger partial charge in [-0.1, -0.05) is 6.07 Å². The van der Waals surface area contributed by atoms with Gasteiger partial charge in [0.2, 0.25) is 0 Å². The number of aliphatic hydroxyl groups is 1. The summed E-state index contributed by atoms with van der Waals surface area (Å²) in [6.45, 7) is 0. The molecule has 0 atom stereocenters. The molecule has 0 fully saturated rings. The third-order valence-corrected chi connectivity index (χ3v) is 2.29. The molecule has 0 aliphatic carbocycles. The molecule has 1 aromatic heterocycles. The van der Waals surface area contributed by atoms with E-state index in [1.165, 1.54) is 0 Å². The average molecular weight is 313 g/mol. The molecule has 0 aliphatic heterocycles. The van der Waals surface area contributed by atoms with Crippen molar-refractivity contribution in [3.8, 4) is 0 Å². The Morgan fingerprint density at radius 3 is 1.50 bits per heavy atom. The van der Waals surface area contributed by atoms with Crippen LogP contribution in [0.5, 0.6) is 0 Å². The molecule has 0 bridgehead atoms. The topological polar surface area (TPSA) is 33.1 Å². The van der Waals surface area contributed by atoms with Gasteiger partial charge in [0.15, 0.2) is 0 Å². The number of hydrogen-bond acceptors (Lipinski definition) is 2. The van der Waals surface area contributed by atoms with Crippen molar-refractivity contribution >= 4 is 0 Å². The van der Waals surface area contributed by atoms with Crippen molar-refractivity contribution in [3.63, 3.8) is 0 Å². The molecule has 114 valence electrons. The van der Waals surface area contributed by atoms with Crippen LogP contribution < -0.4 is 0 Å². The summed E-state index contributed by atoms with van der Waals surface area (Å²) in [5.74, 6) is 0. The Labute approximate surface area is 104 Å². The van der Waals surface area contributed by atoms with Crippen molar-refractivity contribution in [1.29, 1.82) is 0 Å². The zero-order chi connectivity index (χ0) is 16.0. The van der Waals surface area contributed by atoms with E-state index in [1.807, 2.05) is 0 Å². The van der Waals surface area contributed by atoms with Crippen LogP contribution in [-0.4, -0.2) is 22.4 Å². The van der Waals surface area contributed by atoms with Crippen LogP contribution in [0.3, 0.4) is 0 Å². The summed E-state index contributed by atoms with van der Waals surface area (Å²) in [4.78, 5) is 2.46. The Morgan fingerprint density at radius 1 is 0.800 bits per heavy atom. The molecular formula is C9H4F9NO. The first-order chi connectivity index (χ1) is 8.71. The van der Waals surface area contributed by atoms with Crippen molar-refractivity contribution < 1.29 is 44.6 Å². The zero-order valence-electron chi connectivity index (χ0n) is 9.03. The van der Waals surface area contributed by atoms with E-state index in [0.717, 1.165) is 0 Å². The highest BCUT2D eigenvalue weighted by Gasteiger charge is 2.71. The fourth-order valence-electron chi connectivity index (χ4n) is 1.26. The Kier molecular flexibility index (Phi) is 3.72. The lowest BCUT2D eigenvalue weighted by Crippen LogP contribution is -2.54. The summed E-state index contributed by atoms with van der Waals surface area (Å²) in [5.41, 5.74) is -8.84. The molecule has 20 heavy (non-hydrogen) atoms. The van der Waals surface area contributed by atoms with Crippen molar-refractivity contribution in [2.75, 3.05) is 0 Å². The molecule has 0 aromatic carbocycles. The SMILES string of the molecule is OC(c1ccc(C(F)(F)F)nc1)(C(F)(F)F)C(F)(F)F. The van der Waals surface area contributed by atoms with Gasteiger partial charge in [0, 0.05) is 11.8 Å². The molecule has 1 heterocycles. The fraction of sp³-hybridized carbons (Fsp3) is 0.444. The van der Waals surface area contributed by atoms with Gasteiger partial charge in [-0.25, -0.2) is 0 Å². The Balaban J connectivity index is 3.39. The predicted molar refractivity (Wildman–Crippen MR) is 45.2 cm³/mol. The third-order valence-electron chi connectivity index (χ3n) is 2.29. The number of pyridine rings is 1. The normalized spacial score (nSPS) is 14.5. The summed E-state index contributed by atoms with van der Waals surface area (Å²) in [6, 6.07) is -0.214. The van der Waals surface area contributed by atoms with Crippen LogP contribution in [-0.2, 0) is 11.8 Å². The lowest BCUT2D eigenvalue weighted by atomic mass is 9.93. The maximum atomic E-state index is 12.4. The Morgan fingerprint density at radius 2 is 1.25 bits per heavy atom. The summed E-state index contributed by atoms with van der Waals surface area (Å²) in [6.07, 6.45) is -17.7. The van der Waals surface area contributed by atoms with Crippen LogP contribution in [0.2, 0.25) is 0 Å². The van der Waals surface area contributed by atoms with Gasteiger partial charge in [-0.2, -0.15) is 39.5 Å². The molecular weight excluding hydrogens is 309 g/mol. The first-order valence-electron chi connectivity index (χ1n) is 4.61. The average Bonchev–Trinajstić information content (AvgIpc) is 2.24. The summed E-state index contributed by atoms with van der Waals surface area (Å²) in [7, 11) is 0. The van der Waals surface area contributed by atoms with Crippen LogP contribution in [0.25, 0.3) is 0 Å². The van der Waals surface area contributed by atoms with Gasteiger partial charge in [0.25, 0.3) is 5.60 Å². The number of rotatable bonds is 1. The molecule has 0 saturated carbocycles. The van der Waals surface area contributed by atoms with Gasteiger partial charge in [-0.05, 0) is 6.07 Å². The second kappa shape index (κ2) is 4.50. The fourth-order valence-corrected chi connectivity index (χ4v) is 1.26. The second-order valence-electron chi connectivity index (χ2n) is 3.64. The van der Waals surface area contributed by atoms with E-state index in [-0.39, 0.29) is 18.3 Å². The second-order valence-corrected chi connectivity index (χ2v) is 3.64. The molecule has 1 rings (SSSR count). The number of halogens is 9. The Bertz CT molecular complexity index is 456. The predicted octanol–water partition coefficient (Wildman–Crippen LogP) is 3.41. The van der Waals surface area contributed by atoms with E-state index >= 15 is 0 Å². The van der Waals surface area contributed by atoms with E-state index in [0.29, 0.717) is 0 Å². The molecule has 0 spiro atoms. The molecule has 0 unspecified atom stereocenters. The van der Waals surface area contributed by atoms with Gasteiger partial charge in [-0.3, -0.25) is 4.98 Å². The first-order valence-corrected chi connectivity index (χ1v) is 4.61. The van der Waals surface area contributed by atoms with Crippen molar-refractivity contribution in [1.82, 2.24) is 4.98 Å². The minimum absolute atomic E-state index is 0.0855. The number of hydrogen-bond donors (Lipinski definition) is 1. The summed E-state index contributed by atoms with van der Waals surface area (Å²) in [5, 5.41) is 8.88. The highest BCUT2D eigenvalue weighted by molar-refractivity contribution is 5.26. The third kappa shape index (κ3) is 2.67. The van der Waals surface area contributed by atoms with Crippen LogP contribution in [0.15, 0.2) is 18.3 Å². The molecule has 2 nitrogen and oxygen atoms in total. The standard InChI is InChI=1S/C9H4F9NO/c10-7(11,12)5-2-1-4(3-19-5)6(20,8(13,14)15)9(16,17)18/h1-3,20H. The van der Waals surface area contributed by atoms with Crippen molar-refractivity contribution in [2.45, 2.75) is 24.1 Å². The van der Waals surface area contributed by atoms with Gasteiger partial charge in [0.05, 0.1) is 0 Å². The van der Waals surface area contributed by atoms with E-state index in [4.69, 9.17) is 5.11 Å². The molecule has 1 aromatic rings. The molecule has 1 N–H and O–H groups in total. The Hall–Kier alpha value is -1.52. The molecule has 0 saturated heterocycles. The summed E-state index contributed by atoms with van der Waals surface area (Å²) < 4.78 is 111. The van der Waals surface area contributed by atoms with Gasteiger partial charge in [0.1, 0.15) is 5.69 Å². The zero-order valence-corrected chi connectivity index (χ0v) is 9.03. The van der Waals surface area contributed by atoms with Gasteiger partial charge in [-0.15, -0.1) is 0 Å². The van der Waals surface area contributed by atoms with Crippen molar-refractivity contribution in [3.05, 3.63) is 29.6 Å². The van der Waals surface area contributed by atoms with E-state index < -0.39 is 35.4 Å². The largest absolute Gasteiger partial charge is 0.433 e. The molecule has 11 heteroatoms. The molecule has 0 aliphatic rings. The minimum atomic E-state index is -6.17. The smallest absolute Gasteiger partial charge is 0.369 e. The van der Waals surface area contributed by atoms with Crippen LogP contribution in [0.1, 0.15) is 11.3 Å². The minimum Gasteiger partial charge on any atom is -0.369 e. The number of aromatic nitrogens is 1. The van der Waals surface area contributed by atoms with E-state index in [9.17, 15) is 39.5 Å². The van der Waals surface area contributed by atoms with E-state index in [1.54, 1.807) is 0 Å². The van der Waals surface area contributed by atoms with Crippen LogP contribution in [0, 0.1) is 0 Å². The highest BCUT2D eigenvalue weighted by atomic mass is 19.4. The molecule has 0 amide bonds. The van der Waals surface area contributed by atoms with Gasteiger partial charge < -0.3 is 5.11 Å². The lowest BCUT2D eigenvalue weighted by molar-refractivity contribution is -0.376. The van der Waals surface area contributed by atoms with Gasteiger partial charge >= 0.3 is 18.5 Å². The number of nitrogens with zero attached hydrogens (tertiary/aromatic N) is 1. The maximum absolute atomic E-state index is 12.4. The van der Waals surface area contributed by atoms with Crippen LogP contribution >= 0.6 is 0 Å². The lowest BCUT2D eigenvalue weighted by Gasteiger charge is -2.32. The first kappa shape index (κ1) is 16.5. The van der Waals surface area contributed by atoms with Crippen LogP contribution in [0.4, 0.5) is 39.5 Å². The van der Waals surface area contributed by atoms with Crippen molar-refractivity contribution in [2.24, 2.45) is 0 Å². The van der Waals surface area contributed by atoms with E-state index in [2.05, 4.69) is 4.98 Å². The maximum Gasteiger partial charge on any atom is 0.433 e. The monoisotopic (exact) mass is 313 g/mol. The molecule has 0 radical (unpaired) electrons. The quantitative estimate of drug-likeness (QED) is 0.806.